The van der Waals surface area contributed by atoms with Gasteiger partial charge in [0.1, 0.15) is 44.9 Å². The number of hydrogen-bond acceptors (Lipinski definition) is 12. The molecule has 0 aliphatic heterocycles. The lowest BCUT2D eigenvalue weighted by molar-refractivity contribution is 0.173. The van der Waals surface area contributed by atoms with Gasteiger partial charge in [-0.2, -0.15) is 0 Å². The second kappa shape index (κ2) is 12.3. The highest BCUT2D eigenvalue weighted by atomic mass is 16.5. The number of rotatable bonds is 7. The van der Waals surface area contributed by atoms with Crippen molar-refractivity contribution in [1.82, 2.24) is 0 Å². The molecule has 2 N–H and O–H groups in total. The quantitative estimate of drug-likeness (QED) is 0.121. The lowest BCUT2D eigenvalue weighted by atomic mass is 9.61. The molecule has 2 aliphatic rings. The van der Waals surface area contributed by atoms with Gasteiger partial charge in [0, 0.05) is 41.7 Å². The van der Waals surface area contributed by atoms with Crippen LogP contribution in [0.3, 0.4) is 0 Å². The molecule has 2 aromatic heterocycles. The zero-order valence-electron chi connectivity index (χ0n) is 31.4. The van der Waals surface area contributed by atoms with Gasteiger partial charge >= 0.3 is 0 Å². The molecule has 0 saturated carbocycles. The summed E-state index contributed by atoms with van der Waals surface area (Å²) in [5.41, 5.74) is 1.49. The first-order chi connectivity index (χ1) is 25.8. The fourth-order valence-corrected chi connectivity index (χ4v) is 9.30. The molecular weight excluding hydrogens is 696 g/mol. The number of benzene rings is 4. The van der Waals surface area contributed by atoms with E-state index in [1.807, 2.05) is 0 Å². The highest BCUT2D eigenvalue weighted by Crippen LogP contribution is 2.66. The van der Waals surface area contributed by atoms with Gasteiger partial charge in [0.15, 0.2) is 22.7 Å². The molecule has 6 aromatic rings. The number of aromatic hydroxyl groups is 2. The van der Waals surface area contributed by atoms with Gasteiger partial charge in [-0.3, -0.25) is 9.59 Å². The Morgan fingerprint density at radius 2 is 1.19 bits per heavy atom. The zero-order valence-corrected chi connectivity index (χ0v) is 31.4. The Labute approximate surface area is 309 Å². The minimum atomic E-state index is -0.705. The summed E-state index contributed by atoms with van der Waals surface area (Å²) in [6, 6.07) is 7.95. The average Bonchev–Trinajstić information content (AvgIpc) is 3.49. The number of ether oxygens (including phenoxy) is 6. The van der Waals surface area contributed by atoms with E-state index in [0.717, 1.165) is 5.57 Å². The number of phenols is 2. The van der Waals surface area contributed by atoms with Crippen molar-refractivity contribution >= 4 is 43.9 Å². The lowest BCUT2D eigenvalue weighted by Gasteiger charge is -2.43. The smallest absolute Gasteiger partial charge is 0.204 e. The maximum Gasteiger partial charge on any atom is 0.204 e. The third-order valence-corrected chi connectivity index (χ3v) is 11.3. The summed E-state index contributed by atoms with van der Waals surface area (Å²) in [5.74, 6) is -0.766. The Hall–Kier alpha value is -6.04. The van der Waals surface area contributed by atoms with Crippen LogP contribution in [-0.4, -0.2) is 52.9 Å². The summed E-state index contributed by atoms with van der Waals surface area (Å²) < 4.78 is 46.7. The average molecular weight is 737 g/mol. The number of phenolic OH excluding ortho intramolecular Hbond substituents is 2. The van der Waals surface area contributed by atoms with Crippen molar-refractivity contribution in [2.75, 3.05) is 42.7 Å². The van der Waals surface area contributed by atoms with Crippen LogP contribution in [0.5, 0.6) is 46.0 Å². The highest BCUT2D eigenvalue weighted by Gasteiger charge is 2.54. The van der Waals surface area contributed by atoms with Crippen LogP contribution in [0.25, 0.3) is 43.9 Å². The molecule has 3 atom stereocenters. The summed E-state index contributed by atoms with van der Waals surface area (Å²) in [5, 5.41) is 24.2. The van der Waals surface area contributed by atoms with Crippen molar-refractivity contribution in [3.63, 3.8) is 0 Å². The van der Waals surface area contributed by atoms with Gasteiger partial charge in [-0.1, -0.05) is 25.5 Å². The van der Waals surface area contributed by atoms with Crippen molar-refractivity contribution in [1.29, 1.82) is 0 Å². The normalized spacial score (nSPS) is 18.8. The molecule has 0 spiro atoms. The summed E-state index contributed by atoms with van der Waals surface area (Å²) in [7, 11) is 8.73. The van der Waals surface area contributed by atoms with E-state index in [2.05, 4.69) is 26.8 Å². The lowest BCUT2D eigenvalue weighted by Crippen LogP contribution is -2.33. The molecule has 0 fully saturated rings. The Balaban J connectivity index is 1.59. The van der Waals surface area contributed by atoms with Crippen molar-refractivity contribution in [3.8, 4) is 46.0 Å². The fraction of sp³-hybridized carbons (Fsp3) is 0.333. The number of methoxy groups -OCH3 is 6. The van der Waals surface area contributed by atoms with Gasteiger partial charge in [-0.15, -0.1) is 0 Å². The third kappa shape index (κ3) is 4.68. The molecule has 2 aliphatic carbocycles. The van der Waals surface area contributed by atoms with E-state index in [1.54, 1.807) is 30.3 Å². The second-order valence-electron chi connectivity index (χ2n) is 14.6. The molecule has 2 heterocycles. The van der Waals surface area contributed by atoms with Crippen LogP contribution in [0.15, 0.2) is 60.4 Å². The summed E-state index contributed by atoms with van der Waals surface area (Å²) in [6.45, 7) is 6.35. The van der Waals surface area contributed by atoms with E-state index in [-0.39, 0.29) is 84.3 Å². The molecule has 0 saturated heterocycles. The number of hydrogen-bond donors (Lipinski definition) is 2. The van der Waals surface area contributed by atoms with Crippen LogP contribution < -0.4 is 39.3 Å². The number of allylic oxidation sites excluding steroid dienone is 2. The zero-order chi connectivity index (χ0) is 38.5. The van der Waals surface area contributed by atoms with E-state index in [4.69, 9.17) is 37.3 Å². The molecule has 4 aromatic carbocycles. The van der Waals surface area contributed by atoms with Crippen LogP contribution in [0, 0.1) is 11.3 Å². The molecule has 0 radical (unpaired) electrons. The van der Waals surface area contributed by atoms with E-state index >= 15 is 0 Å². The van der Waals surface area contributed by atoms with Crippen LogP contribution in [0.2, 0.25) is 0 Å². The molecular formula is C42H40O12. The Bertz CT molecular complexity index is 2730. The van der Waals surface area contributed by atoms with E-state index in [0.29, 0.717) is 34.6 Å². The van der Waals surface area contributed by atoms with Gasteiger partial charge in [-0.25, -0.2) is 0 Å². The first-order valence-electron chi connectivity index (χ1n) is 17.4. The molecule has 0 amide bonds. The molecule has 12 heteroatoms. The molecule has 0 unspecified atom stereocenters. The van der Waals surface area contributed by atoms with Gasteiger partial charge in [0.25, 0.3) is 0 Å². The second-order valence-corrected chi connectivity index (χ2v) is 14.6. The minimum Gasteiger partial charge on any atom is -0.502 e. The SMILES string of the molecule is COc1cc(OC)c2c(=O)c3c([C@H]4c5c(OC)c(O)c6oc7cc(OC)cc(OC)c7c(=O)c6c5[C@@H]5C=C(C)CC(C)(C)[C@H]45)cc(OC)c(O)c3oc2c1. The van der Waals surface area contributed by atoms with Crippen molar-refractivity contribution in [3.05, 3.63) is 79.1 Å². The van der Waals surface area contributed by atoms with Crippen LogP contribution in [0.4, 0.5) is 0 Å². The van der Waals surface area contributed by atoms with Crippen molar-refractivity contribution < 1.29 is 47.5 Å². The standard InChI is InChI=1S/C42H40O12/c1-17-10-21-27-32(39(52-9)38(46)41-33(27)37(45)31-23(50-7)12-19(48-5)14-25(31)54-41)28(34(21)42(2,3)16-17)20-15-26(51-8)35(43)40-29(20)36(44)30-22(49-6)11-18(47-4)13-24(30)53-40/h10-15,21,28,34,43,46H,16H2,1-9H3/t21-,28-,34-/m0/s1. The van der Waals surface area contributed by atoms with E-state index in [1.165, 1.54) is 42.7 Å². The number of fused-ring (bicyclic) bond motifs is 8. The van der Waals surface area contributed by atoms with Gasteiger partial charge in [0.05, 0.1) is 53.4 Å². The first kappa shape index (κ1) is 35.0. The molecule has 8 rings (SSSR count). The van der Waals surface area contributed by atoms with Gasteiger partial charge in [0.2, 0.25) is 22.4 Å². The summed E-state index contributed by atoms with van der Waals surface area (Å²) in [4.78, 5) is 29.8. The summed E-state index contributed by atoms with van der Waals surface area (Å²) >= 11 is 0. The monoisotopic (exact) mass is 736 g/mol. The maximum absolute atomic E-state index is 14.9. The Morgan fingerprint density at radius 1 is 0.648 bits per heavy atom. The largest absolute Gasteiger partial charge is 0.502 e. The van der Waals surface area contributed by atoms with Crippen LogP contribution in [-0.2, 0) is 0 Å². The van der Waals surface area contributed by atoms with Crippen molar-refractivity contribution in [2.24, 2.45) is 11.3 Å². The van der Waals surface area contributed by atoms with E-state index in [9.17, 15) is 19.8 Å². The van der Waals surface area contributed by atoms with Crippen molar-refractivity contribution in [2.45, 2.75) is 39.0 Å². The molecule has 280 valence electrons. The Kier molecular flexibility index (Phi) is 7.95. The predicted molar refractivity (Wildman–Crippen MR) is 203 cm³/mol. The Morgan fingerprint density at radius 3 is 1.70 bits per heavy atom. The van der Waals surface area contributed by atoms with E-state index < -0.39 is 28.1 Å². The fourth-order valence-electron chi connectivity index (χ4n) is 9.30. The third-order valence-electron chi connectivity index (χ3n) is 11.3. The predicted octanol–water partition coefficient (Wildman–Crippen LogP) is 7.89. The first-order valence-corrected chi connectivity index (χ1v) is 17.4. The van der Waals surface area contributed by atoms with Gasteiger partial charge < -0.3 is 47.5 Å². The van der Waals surface area contributed by atoms with Crippen LogP contribution >= 0.6 is 0 Å². The highest BCUT2D eigenvalue weighted by molar-refractivity contribution is 6.02. The molecule has 0 bridgehead atoms. The summed E-state index contributed by atoms with van der Waals surface area (Å²) in [6.07, 6.45) is 2.85. The topological polar surface area (TPSA) is 156 Å². The van der Waals surface area contributed by atoms with Gasteiger partial charge in [-0.05, 0) is 41.9 Å². The molecule has 54 heavy (non-hydrogen) atoms. The van der Waals surface area contributed by atoms with Crippen LogP contribution in [0.1, 0.15) is 55.7 Å². The molecule has 12 nitrogen and oxygen atoms in total. The minimum absolute atomic E-state index is 0.0513. The maximum atomic E-state index is 14.9.